The lowest BCUT2D eigenvalue weighted by Crippen LogP contribution is -2.29. The van der Waals surface area contributed by atoms with E-state index in [2.05, 4.69) is 27.2 Å². The monoisotopic (exact) mass is 300 g/mol. The zero-order valence-electron chi connectivity index (χ0n) is 12.5. The van der Waals surface area contributed by atoms with Crippen LogP contribution in [0.3, 0.4) is 0 Å². The van der Waals surface area contributed by atoms with Gasteiger partial charge in [0.05, 0.1) is 11.4 Å². The van der Waals surface area contributed by atoms with Crippen LogP contribution in [-0.2, 0) is 16.6 Å². The zero-order chi connectivity index (χ0) is 14.9. The Labute approximate surface area is 120 Å². The van der Waals surface area contributed by atoms with Crippen molar-refractivity contribution in [1.82, 2.24) is 20.2 Å². The normalized spacial score (nSPS) is 22.4. The Hall–Kier alpha value is -0.920. The molecule has 7 heteroatoms. The fourth-order valence-electron chi connectivity index (χ4n) is 2.22. The van der Waals surface area contributed by atoms with Crippen LogP contribution in [0, 0.1) is 18.8 Å². The van der Waals surface area contributed by atoms with Crippen LogP contribution in [0.1, 0.15) is 38.6 Å². The number of aromatic amines is 1. The molecule has 2 atom stereocenters. The summed E-state index contributed by atoms with van der Waals surface area (Å²) in [6, 6.07) is 0.280. The van der Waals surface area contributed by atoms with Crippen molar-refractivity contribution in [2.24, 2.45) is 11.8 Å². The first-order valence-corrected chi connectivity index (χ1v) is 8.56. The highest BCUT2D eigenvalue weighted by molar-refractivity contribution is 7.89. The number of aryl methyl sites for hydroxylation is 1. The Morgan fingerprint density at radius 1 is 1.45 bits per heavy atom. The van der Waals surface area contributed by atoms with Crippen LogP contribution < -0.4 is 10.0 Å². The Balaban J connectivity index is 2.10. The van der Waals surface area contributed by atoms with Crippen molar-refractivity contribution in [3.63, 3.8) is 0 Å². The third-order valence-corrected chi connectivity index (χ3v) is 5.35. The predicted molar refractivity (Wildman–Crippen MR) is 77.8 cm³/mol. The van der Waals surface area contributed by atoms with Crippen LogP contribution >= 0.6 is 0 Å². The van der Waals surface area contributed by atoms with Gasteiger partial charge in [-0.25, -0.2) is 13.1 Å². The van der Waals surface area contributed by atoms with E-state index in [1.807, 2.05) is 13.8 Å². The standard InChI is InChI=1S/C13H24N4O2S/c1-8(2)14-7-12-13(10(4)16-17-12)20(18,19)15-6-11-5-9(11)3/h8-9,11,14-15H,5-7H2,1-4H3,(H,16,17). The number of hydrogen-bond donors (Lipinski definition) is 3. The summed E-state index contributed by atoms with van der Waals surface area (Å²) in [6.07, 6.45) is 1.11. The number of nitrogens with one attached hydrogen (secondary N) is 3. The Morgan fingerprint density at radius 3 is 2.65 bits per heavy atom. The fourth-order valence-corrected chi connectivity index (χ4v) is 3.67. The van der Waals surface area contributed by atoms with Crippen LogP contribution in [0.15, 0.2) is 4.90 Å². The van der Waals surface area contributed by atoms with Crippen LogP contribution in [-0.4, -0.2) is 31.2 Å². The average Bonchev–Trinajstić information content (AvgIpc) is 2.92. The zero-order valence-corrected chi connectivity index (χ0v) is 13.3. The first-order valence-electron chi connectivity index (χ1n) is 7.08. The second-order valence-corrected chi connectivity index (χ2v) is 7.69. The summed E-state index contributed by atoms with van der Waals surface area (Å²) >= 11 is 0. The maximum Gasteiger partial charge on any atom is 0.244 e. The topological polar surface area (TPSA) is 86.9 Å². The van der Waals surface area contributed by atoms with E-state index in [1.54, 1.807) is 6.92 Å². The SMILES string of the molecule is Cc1[nH]nc(CNC(C)C)c1S(=O)(=O)NCC1CC1C. The molecule has 6 nitrogen and oxygen atoms in total. The molecule has 0 bridgehead atoms. The van der Waals surface area contributed by atoms with Crippen molar-refractivity contribution in [2.45, 2.75) is 51.6 Å². The number of H-pyrrole nitrogens is 1. The van der Waals surface area contributed by atoms with Gasteiger partial charge in [0.25, 0.3) is 0 Å². The first kappa shape index (κ1) is 15.5. The highest BCUT2D eigenvalue weighted by Crippen LogP contribution is 2.37. The van der Waals surface area contributed by atoms with E-state index in [4.69, 9.17) is 0 Å². The Morgan fingerprint density at radius 2 is 2.10 bits per heavy atom. The van der Waals surface area contributed by atoms with Crippen LogP contribution in [0.4, 0.5) is 0 Å². The number of nitrogens with zero attached hydrogens (tertiary/aromatic N) is 1. The minimum Gasteiger partial charge on any atom is -0.309 e. The van der Waals surface area contributed by atoms with Crippen molar-refractivity contribution < 1.29 is 8.42 Å². The molecule has 3 N–H and O–H groups in total. The number of sulfonamides is 1. The summed E-state index contributed by atoms with van der Waals surface area (Å²) in [4.78, 5) is 0.291. The summed E-state index contributed by atoms with van der Waals surface area (Å²) in [5, 5.41) is 10.1. The van der Waals surface area contributed by atoms with Gasteiger partial charge in [0, 0.05) is 19.1 Å². The predicted octanol–water partition coefficient (Wildman–Crippen LogP) is 1.15. The molecule has 0 radical (unpaired) electrons. The maximum atomic E-state index is 12.4. The third kappa shape index (κ3) is 3.59. The molecule has 0 amide bonds. The van der Waals surface area contributed by atoms with Gasteiger partial charge in [-0.15, -0.1) is 0 Å². The molecular formula is C13H24N4O2S. The molecule has 0 spiro atoms. The molecule has 0 aromatic carbocycles. The van der Waals surface area contributed by atoms with Crippen molar-refractivity contribution >= 4 is 10.0 Å². The van der Waals surface area contributed by atoms with Crippen molar-refractivity contribution in [2.75, 3.05) is 6.54 Å². The van der Waals surface area contributed by atoms with Crippen LogP contribution in [0.5, 0.6) is 0 Å². The molecule has 2 rings (SSSR count). The summed E-state index contributed by atoms with van der Waals surface area (Å²) in [6.45, 7) is 8.87. The molecule has 0 aliphatic heterocycles. The van der Waals surface area contributed by atoms with Crippen molar-refractivity contribution in [1.29, 1.82) is 0 Å². The first-order chi connectivity index (χ1) is 9.31. The number of hydrogen-bond acceptors (Lipinski definition) is 4. The van der Waals surface area contributed by atoms with E-state index in [9.17, 15) is 8.42 Å². The lowest BCUT2D eigenvalue weighted by molar-refractivity contribution is 0.560. The van der Waals surface area contributed by atoms with Gasteiger partial charge in [-0.05, 0) is 25.2 Å². The molecule has 1 aromatic rings. The highest BCUT2D eigenvalue weighted by atomic mass is 32.2. The van der Waals surface area contributed by atoms with E-state index in [0.29, 0.717) is 41.2 Å². The molecule has 1 aliphatic rings. The highest BCUT2D eigenvalue weighted by Gasteiger charge is 2.34. The minimum atomic E-state index is -3.49. The smallest absolute Gasteiger partial charge is 0.244 e. The van der Waals surface area contributed by atoms with Gasteiger partial charge in [-0.2, -0.15) is 5.10 Å². The molecule has 1 aliphatic carbocycles. The molecule has 114 valence electrons. The number of rotatable bonds is 7. The quantitative estimate of drug-likeness (QED) is 0.705. The molecule has 1 fully saturated rings. The fraction of sp³-hybridized carbons (Fsp3) is 0.769. The van der Waals surface area contributed by atoms with Gasteiger partial charge < -0.3 is 5.32 Å². The summed E-state index contributed by atoms with van der Waals surface area (Å²) in [7, 11) is -3.49. The summed E-state index contributed by atoms with van der Waals surface area (Å²) < 4.78 is 27.5. The van der Waals surface area contributed by atoms with E-state index in [0.717, 1.165) is 6.42 Å². The van der Waals surface area contributed by atoms with E-state index < -0.39 is 10.0 Å². The van der Waals surface area contributed by atoms with Crippen LogP contribution in [0.25, 0.3) is 0 Å². The second-order valence-electron chi connectivity index (χ2n) is 5.98. The average molecular weight is 300 g/mol. The molecule has 1 heterocycles. The van der Waals surface area contributed by atoms with E-state index in [1.165, 1.54) is 0 Å². The second kappa shape index (κ2) is 5.83. The van der Waals surface area contributed by atoms with Gasteiger partial charge in [0.15, 0.2) is 0 Å². The van der Waals surface area contributed by atoms with E-state index in [-0.39, 0.29) is 6.04 Å². The lowest BCUT2D eigenvalue weighted by atomic mass is 10.3. The molecule has 1 saturated carbocycles. The molecule has 2 unspecified atom stereocenters. The molecular weight excluding hydrogens is 276 g/mol. The van der Waals surface area contributed by atoms with Crippen molar-refractivity contribution in [3.05, 3.63) is 11.4 Å². The van der Waals surface area contributed by atoms with Crippen LogP contribution in [0.2, 0.25) is 0 Å². The molecule has 0 saturated heterocycles. The van der Waals surface area contributed by atoms with E-state index >= 15 is 0 Å². The van der Waals surface area contributed by atoms with Crippen molar-refractivity contribution in [3.8, 4) is 0 Å². The van der Waals surface area contributed by atoms with Gasteiger partial charge in [0.2, 0.25) is 10.0 Å². The Kier molecular flexibility index (Phi) is 4.51. The van der Waals surface area contributed by atoms with Gasteiger partial charge in [-0.1, -0.05) is 20.8 Å². The third-order valence-electron chi connectivity index (χ3n) is 3.72. The van der Waals surface area contributed by atoms with Gasteiger partial charge in [-0.3, -0.25) is 5.10 Å². The maximum absolute atomic E-state index is 12.4. The summed E-state index contributed by atoms with van der Waals surface area (Å²) in [5.74, 6) is 1.11. The van der Waals surface area contributed by atoms with Gasteiger partial charge in [0.1, 0.15) is 4.90 Å². The Bertz CT molecular complexity index is 565. The molecule has 1 aromatic heterocycles. The largest absolute Gasteiger partial charge is 0.309 e. The van der Waals surface area contributed by atoms with Gasteiger partial charge >= 0.3 is 0 Å². The number of aromatic nitrogens is 2. The molecule has 20 heavy (non-hydrogen) atoms. The lowest BCUT2D eigenvalue weighted by Gasteiger charge is -2.10. The summed E-state index contributed by atoms with van der Waals surface area (Å²) in [5.41, 5.74) is 1.13. The minimum absolute atomic E-state index is 0.280.